The number of amides is 1. The maximum absolute atomic E-state index is 12.4. The Hall–Kier alpha value is -1.26. The van der Waals surface area contributed by atoms with Gasteiger partial charge in [0.25, 0.3) is 5.91 Å². The highest BCUT2D eigenvalue weighted by molar-refractivity contribution is 6.30. The van der Waals surface area contributed by atoms with Gasteiger partial charge in [0, 0.05) is 24.2 Å². The Morgan fingerprint density at radius 3 is 2.94 bits per heavy atom. The van der Waals surface area contributed by atoms with Crippen LogP contribution in [0.1, 0.15) is 23.7 Å². The van der Waals surface area contributed by atoms with Crippen LogP contribution in [0.15, 0.2) is 18.2 Å². The normalized spacial score (nSPS) is 18.9. The van der Waals surface area contributed by atoms with Crippen molar-refractivity contribution in [3.63, 3.8) is 0 Å². The lowest BCUT2D eigenvalue weighted by Gasteiger charge is -2.27. The van der Waals surface area contributed by atoms with Gasteiger partial charge in [0.2, 0.25) is 0 Å². The molecule has 5 heteroatoms. The number of nitrogens with zero attached hydrogens (tertiary/aromatic N) is 1. The van der Waals surface area contributed by atoms with Gasteiger partial charge >= 0.3 is 0 Å². The van der Waals surface area contributed by atoms with Gasteiger partial charge in [-0.25, -0.2) is 0 Å². The lowest BCUT2D eigenvalue weighted by atomic mass is 10.1. The quantitative estimate of drug-likeness (QED) is 0.880. The van der Waals surface area contributed by atoms with Crippen LogP contribution in [0.3, 0.4) is 0 Å². The lowest BCUT2D eigenvalue weighted by Crippen LogP contribution is -2.41. The summed E-state index contributed by atoms with van der Waals surface area (Å²) in [7, 11) is 0. The molecule has 1 fully saturated rings. The minimum absolute atomic E-state index is 0.0584. The number of halogens is 1. The molecule has 0 saturated carbocycles. The Labute approximate surface area is 112 Å². The molecule has 1 unspecified atom stereocenters. The van der Waals surface area contributed by atoms with E-state index in [1.165, 1.54) is 6.07 Å². The summed E-state index contributed by atoms with van der Waals surface area (Å²) < 4.78 is 0. The van der Waals surface area contributed by atoms with E-state index in [2.05, 4.69) is 5.32 Å². The van der Waals surface area contributed by atoms with Crippen molar-refractivity contribution in [3.8, 4) is 5.75 Å². The molecule has 0 aromatic heterocycles. The van der Waals surface area contributed by atoms with Gasteiger partial charge in [0.05, 0.1) is 5.56 Å². The molecule has 98 valence electrons. The topological polar surface area (TPSA) is 52.6 Å². The maximum Gasteiger partial charge on any atom is 0.257 e. The summed E-state index contributed by atoms with van der Waals surface area (Å²) in [6.45, 7) is 4.32. The fraction of sp³-hybridized carbons (Fsp3) is 0.462. The predicted molar refractivity (Wildman–Crippen MR) is 71.1 cm³/mol. The number of rotatable bonds is 3. The first-order valence-corrected chi connectivity index (χ1v) is 6.51. The van der Waals surface area contributed by atoms with Gasteiger partial charge in [-0.15, -0.1) is 0 Å². The lowest BCUT2D eigenvalue weighted by molar-refractivity contribution is 0.0701. The molecule has 0 aliphatic carbocycles. The van der Waals surface area contributed by atoms with E-state index >= 15 is 0 Å². The van der Waals surface area contributed by atoms with Crippen LogP contribution in [0, 0.1) is 0 Å². The van der Waals surface area contributed by atoms with Crippen LogP contribution in [-0.2, 0) is 0 Å². The van der Waals surface area contributed by atoms with E-state index in [0.717, 1.165) is 19.5 Å². The third-order valence-electron chi connectivity index (χ3n) is 3.27. The van der Waals surface area contributed by atoms with Crippen LogP contribution >= 0.6 is 11.6 Å². The Morgan fingerprint density at radius 1 is 1.61 bits per heavy atom. The third-order valence-corrected chi connectivity index (χ3v) is 3.50. The molecule has 1 amide bonds. The number of phenols is 1. The van der Waals surface area contributed by atoms with Crippen molar-refractivity contribution in [1.29, 1.82) is 0 Å². The van der Waals surface area contributed by atoms with Gasteiger partial charge in [-0.2, -0.15) is 0 Å². The molecule has 1 aliphatic rings. The number of likely N-dealkylation sites (N-methyl/N-ethyl adjacent to an activating group) is 1. The molecule has 0 spiro atoms. The summed E-state index contributed by atoms with van der Waals surface area (Å²) >= 11 is 5.77. The number of carbonyl (C=O) groups excluding carboxylic acids is 1. The van der Waals surface area contributed by atoms with Crippen LogP contribution in [-0.4, -0.2) is 41.6 Å². The Bertz CT molecular complexity index is 445. The first-order valence-electron chi connectivity index (χ1n) is 6.13. The largest absolute Gasteiger partial charge is 0.507 e. The van der Waals surface area contributed by atoms with Crippen molar-refractivity contribution in [2.24, 2.45) is 0 Å². The van der Waals surface area contributed by atoms with E-state index in [4.69, 9.17) is 11.6 Å². The van der Waals surface area contributed by atoms with Crippen LogP contribution in [0.4, 0.5) is 0 Å². The van der Waals surface area contributed by atoms with Gasteiger partial charge in [0.15, 0.2) is 0 Å². The molecular formula is C13H17ClN2O2. The van der Waals surface area contributed by atoms with Gasteiger partial charge in [-0.1, -0.05) is 11.6 Å². The summed E-state index contributed by atoms with van der Waals surface area (Å²) in [4.78, 5) is 14.2. The molecule has 1 saturated heterocycles. The second-order valence-corrected chi connectivity index (χ2v) is 4.84. The fourth-order valence-corrected chi connectivity index (χ4v) is 2.48. The Morgan fingerprint density at radius 2 is 2.39 bits per heavy atom. The molecule has 2 N–H and O–H groups in total. The van der Waals surface area contributed by atoms with E-state index < -0.39 is 0 Å². The second kappa shape index (κ2) is 5.59. The van der Waals surface area contributed by atoms with Gasteiger partial charge < -0.3 is 15.3 Å². The first kappa shape index (κ1) is 13.2. The second-order valence-electron chi connectivity index (χ2n) is 4.40. The van der Waals surface area contributed by atoms with Crippen molar-refractivity contribution in [2.45, 2.75) is 19.4 Å². The predicted octanol–water partition coefficient (Wildman–Crippen LogP) is 1.87. The molecule has 4 nitrogen and oxygen atoms in total. The highest BCUT2D eigenvalue weighted by Gasteiger charge is 2.27. The maximum atomic E-state index is 12.4. The smallest absolute Gasteiger partial charge is 0.257 e. The SMILES string of the molecule is CCN(C(=O)c1ccc(Cl)cc1O)C1CCNC1. The number of hydrogen-bond donors (Lipinski definition) is 2. The van der Waals surface area contributed by atoms with Crippen molar-refractivity contribution in [1.82, 2.24) is 10.2 Å². The average molecular weight is 269 g/mol. The van der Waals surface area contributed by atoms with Crippen molar-refractivity contribution < 1.29 is 9.90 Å². The van der Waals surface area contributed by atoms with Crippen molar-refractivity contribution in [3.05, 3.63) is 28.8 Å². The van der Waals surface area contributed by atoms with Crippen LogP contribution < -0.4 is 5.32 Å². The Kier molecular flexibility index (Phi) is 4.09. The molecule has 2 rings (SSSR count). The molecule has 1 atom stereocenters. The summed E-state index contributed by atoms with van der Waals surface area (Å²) in [6, 6.07) is 4.80. The molecule has 1 aliphatic heterocycles. The average Bonchev–Trinajstić information content (AvgIpc) is 2.83. The number of phenolic OH excluding ortho intramolecular Hbond substituents is 1. The molecule has 1 aromatic carbocycles. The first-order chi connectivity index (χ1) is 8.63. The molecule has 0 radical (unpaired) electrons. The van der Waals surface area contributed by atoms with E-state index in [0.29, 0.717) is 17.1 Å². The summed E-state index contributed by atoms with van der Waals surface area (Å²) in [5.74, 6) is -0.197. The van der Waals surface area contributed by atoms with Crippen molar-refractivity contribution >= 4 is 17.5 Å². The fourth-order valence-electron chi connectivity index (χ4n) is 2.31. The van der Waals surface area contributed by atoms with Crippen LogP contribution in [0.5, 0.6) is 5.75 Å². The van der Waals surface area contributed by atoms with Crippen LogP contribution in [0.25, 0.3) is 0 Å². The Balaban J connectivity index is 2.22. The number of carbonyl (C=O) groups is 1. The molecule has 0 bridgehead atoms. The third kappa shape index (κ3) is 2.60. The number of hydrogen-bond acceptors (Lipinski definition) is 3. The summed E-state index contributed by atoms with van der Waals surface area (Å²) in [5, 5.41) is 13.5. The van der Waals surface area contributed by atoms with E-state index in [9.17, 15) is 9.90 Å². The van der Waals surface area contributed by atoms with E-state index in [-0.39, 0.29) is 17.7 Å². The highest BCUT2D eigenvalue weighted by atomic mass is 35.5. The summed E-state index contributed by atoms with van der Waals surface area (Å²) in [5.41, 5.74) is 0.313. The molecular weight excluding hydrogens is 252 g/mol. The minimum Gasteiger partial charge on any atom is -0.507 e. The highest BCUT2D eigenvalue weighted by Crippen LogP contribution is 2.24. The zero-order chi connectivity index (χ0) is 13.1. The number of nitrogens with one attached hydrogen (secondary N) is 1. The monoisotopic (exact) mass is 268 g/mol. The van der Waals surface area contributed by atoms with Gasteiger partial charge in [-0.05, 0) is 38.1 Å². The molecule has 1 heterocycles. The minimum atomic E-state index is -0.139. The van der Waals surface area contributed by atoms with E-state index in [1.807, 2.05) is 6.92 Å². The van der Waals surface area contributed by atoms with Gasteiger partial charge in [0.1, 0.15) is 5.75 Å². The number of aromatic hydroxyl groups is 1. The van der Waals surface area contributed by atoms with Crippen LogP contribution in [0.2, 0.25) is 5.02 Å². The standard InChI is InChI=1S/C13H17ClN2O2/c1-2-16(10-5-6-15-8-10)13(18)11-4-3-9(14)7-12(11)17/h3-4,7,10,15,17H,2,5-6,8H2,1H3. The summed E-state index contributed by atoms with van der Waals surface area (Å²) in [6.07, 6.45) is 0.952. The zero-order valence-corrected chi connectivity index (χ0v) is 11.1. The molecule has 18 heavy (non-hydrogen) atoms. The van der Waals surface area contributed by atoms with Crippen molar-refractivity contribution in [2.75, 3.05) is 19.6 Å². The zero-order valence-electron chi connectivity index (χ0n) is 10.3. The molecule has 1 aromatic rings. The van der Waals surface area contributed by atoms with Gasteiger partial charge in [-0.3, -0.25) is 4.79 Å². The number of benzene rings is 1. The van der Waals surface area contributed by atoms with E-state index in [1.54, 1.807) is 17.0 Å².